The van der Waals surface area contributed by atoms with Crippen molar-refractivity contribution < 1.29 is 54.1 Å². The van der Waals surface area contributed by atoms with E-state index in [1.807, 2.05) is 0 Å². The Morgan fingerprint density at radius 2 is 0.786 bits per heavy atom. The van der Waals surface area contributed by atoms with E-state index in [1.54, 1.807) is 0 Å². The van der Waals surface area contributed by atoms with E-state index in [2.05, 4.69) is 20.8 Å². The molecule has 0 aromatic heterocycles. The summed E-state index contributed by atoms with van der Waals surface area (Å²) in [6, 6.07) is 0. The van der Waals surface area contributed by atoms with Crippen LogP contribution in [0.5, 0.6) is 0 Å². The van der Waals surface area contributed by atoms with Crippen molar-refractivity contribution in [1.29, 1.82) is 3.10 Å². The molecule has 0 spiro atoms. The van der Waals surface area contributed by atoms with E-state index in [-0.39, 0.29) is 0 Å². The van der Waals surface area contributed by atoms with E-state index in [0.29, 0.717) is 24.4 Å². The third-order valence-electron chi connectivity index (χ3n) is 0. The molecule has 0 heterocycles. The Kier molecular flexibility index (Phi) is 37.0. The molecular weight excluding hydrogens is 273 g/mol. The molecule has 0 aromatic rings. The summed E-state index contributed by atoms with van der Waals surface area (Å²) in [6.07, 6.45) is 0. The summed E-state index contributed by atoms with van der Waals surface area (Å²) in [5, 5.41) is 21.9. The fraction of sp³-hybridized carbons (Fsp3) is 0. The van der Waals surface area contributed by atoms with Gasteiger partial charge in [0, 0.05) is 0 Å². The molecule has 0 aliphatic carbocycles. The minimum absolute atomic E-state index is 0.550. The topological polar surface area (TPSA) is 136 Å². The zero-order chi connectivity index (χ0) is 12.7. The van der Waals surface area contributed by atoms with Crippen LogP contribution in [0.25, 0.3) is 0 Å². The molecule has 3 N–H and O–H groups in total. The summed E-state index contributed by atoms with van der Waals surface area (Å²) in [7, 11) is 0. The van der Waals surface area contributed by atoms with Gasteiger partial charge in [-0.1, -0.05) is 0 Å². The van der Waals surface area contributed by atoms with Crippen LogP contribution in [-0.2, 0) is 38.7 Å². The predicted octanol–water partition coefficient (Wildman–Crippen LogP) is -0.272. The second kappa shape index (κ2) is 22.6. The number of carboxylic acids is 3. The molecule has 0 bridgehead atoms. The van der Waals surface area contributed by atoms with Gasteiger partial charge in [-0.05, 0) is 0 Å². The summed E-state index contributed by atoms with van der Waals surface area (Å²) in [5.41, 5.74) is 0. The van der Waals surface area contributed by atoms with E-state index in [9.17, 15) is 0 Å². The average Bonchev–Trinajstić information content (AvgIpc) is 1.86. The van der Waals surface area contributed by atoms with Crippen LogP contribution < -0.4 is 0 Å². The van der Waals surface area contributed by atoms with E-state index in [0.717, 1.165) is 0 Å². The molecule has 0 radical (unpaired) electrons. The molecule has 0 atom stereocenters. The minimum atomic E-state index is -1.08. The first-order valence-electron chi connectivity index (χ1n) is 2.57. The number of carboxylic acid groups (broad SMARTS) is 3. The van der Waals surface area contributed by atoms with Gasteiger partial charge in [-0.2, -0.15) is 0 Å². The number of hydrogen-bond acceptors (Lipinski definition) is 4. The normalized spacial score (nSPS) is 5.50. The van der Waals surface area contributed by atoms with Crippen LogP contribution in [0.1, 0.15) is 0 Å². The van der Waals surface area contributed by atoms with E-state index in [1.165, 1.54) is 0 Å². The van der Waals surface area contributed by atoms with Gasteiger partial charge in [0.1, 0.15) is 0 Å². The maximum atomic E-state index is 8.89. The van der Waals surface area contributed by atoms with Gasteiger partial charge in [0.25, 0.3) is 0 Å². The van der Waals surface area contributed by atoms with Crippen LogP contribution in [0.2, 0.25) is 0 Å². The molecule has 81 valence electrons. The number of carbonyl (C=O) groups is 3. The SMILES string of the molecule is [CH2-]C(=O)O.[CH2-]C(=O)O.[CH2-]C(=O)O.[N]#[Zr]. The van der Waals surface area contributed by atoms with Crippen molar-refractivity contribution in [2.75, 3.05) is 0 Å². The molecule has 0 aromatic carbocycles. The molecule has 0 amide bonds. The van der Waals surface area contributed by atoms with Crippen LogP contribution in [0.4, 0.5) is 0 Å². The van der Waals surface area contributed by atoms with Crippen LogP contribution >= 0.6 is 0 Å². The van der Waals surface area contributed by atoms with E-state index in [4.69, 9.17) is 32.8 Å². The first kappa shape index (κ1) is 22.9. The van der Waals surface area contributed by atoms with Crippen molar-refractivity contribution in [2.45, 2.75) is 0 Å². The van der Waals surface area contributed by atoms with Crippen LogP contribution in [0.15, 0.2) is 0 Å². The van der Waals surface area contributed by atoms with Gasteiger partial charge in [-0.25, -0.2) is 0 Å². The summed E-state index contributed by atoms with van der Waals surface area (Å²) < 4.78 is 7.09. The van der Waals surface area contributed by atoms with Crippen LogP contribution in [0.3, 0.4) is 0 Å². The van der Waals surface area contributed by atoms with Gasteiger partial charge in [-0.3, -0.25) is 35.2 Å². The number of aliphatic carboxylic acids is 3. The molecule has 0 unspecified atom stereocenters. The van der Waals surface area contributed by atoms with Crippen molar-refractivity contribution in [3.05, 3.63) is 20.8 Å². The quantitative estimate of drug-likeness (QED) is 0.520. The molecule has 0 aliphatic rings. The van der Waals surface area contributed by atoms with Crippen LogP contribution in [-0.4, -0.2) is 33.2 Å². The maximum absolute atomic E-state index is 8.89. The Morgan fingerprint density at radius 3 is 0.786 bits per heavy atom. The molecule has 8 heteroatoms. The van der Waals surface area contributed by atoms with Crippen molar-refractivity contribution in [3.8, 4) is 0 Å². The van der Waals surface area contributed by atoms with Gasteiger partial charge in [0.2, 0.25) is 0 Å². The first-order chi connectivity index (χ1) is 6.20. The third-order valence-corrected chi connectivity index (χ3v) is 0. The Bertz CT molecular complexity index is 149. The van der Waals surface area contributed by atoms with Crippen molar-refractivity contribution in [1.82, 2.24) is 0 Å². The van der Waals surface area contributed by atoms with Gasteiger partial charge in [0.15, 0.2) is 17.9 Å². The van der Waals surface area contributed by atoms with Gasteiger partial charge in [-0.15, -0.1) is 0 Å². The average molecular weight is 282 g/mol. The van der Waals surface area contributed by atoms with E-state index < -0.39 is 17.9 Å². The summed E-state index contributed by atoms with van der Waals surface area (Å²) in [5.74, 6) is -3.25. The molecule has 0 aliphatic heterocycles. The molecule has 14 heavy (non-hydrogen) atoms. The predicted molar refractivity (Wildman–Crippen MR) is 40.7 cm³/mol. The fourth-order valence-corrected chi connectivity index (χ4v) is 0. The van der Waals surface area contributed by atoms with Crippen molar-refractivity contribution in [3.63, 3.8) is 0 Å². The number of hydrogen-bond donors (Lipinski definition) is 3. The Morgan fingerprint density at radius 1 is 0.786 bits per heavy atom. The number of nitrogens with zero attached hydrogens (tertiary/aromatic N) is 1. The second-order valence-electron chi connectivity index (χ2n) is 1.18. The molecule has 7 nitrogen and oxygen atoms in total. The molecule has 0 rings (SSSR count). The summed E-state index contributed by atoms with van der Waals surface area (Å²) >= 11 is 0.550. The van der Waals surface area contributed by atoms with Gasteiger partial charge < -0.3 is 15.3 Å². The summed E-state index contributed by atoms with van der Waals surface area (Å²) in [6.45, 7) is 7.67. The third kappa shape index (κ3) is 510. The Labute approximate surface area is 95.9 Å². The Balaban J connectivity index is -0.0000000492. The van der Waals surface area contributed by atoms with Gasteiger partial charge >= 0.3 is 27.5 Å². The van der Waals surface area contributed by atoms with Crippen molar-refractivity contribution in [2.24, 2.45) is 0 Å². The monoisotopic (exact) mass is 281 g/mol. The molecule has 0 saturated carbocycles. The zero-order valence-corrected chi connectivity index (χ0v) is 9.59. The fourth-order valence-electron chi connectivity index (χ4n) is 0. The number of rotatable bonds is 0. The zero-order valence-electron chi connectivity index (χ0n) is 7.13. The molecule has 0 saturated heterocycles. The standard InChI is InChI=1S/3C2H3O2.N.Zr/c3*1-2(3)4;;/h3*1H2,(H,3,4);;/q3*-1;;. The van der Waals surface area contributed by atoms with Crippen LogP contribution in [0, 0.1) is 23.9 Å². The second-order valence-corrected chi connectivity index (χ2v) is 1.18. The summed E-state index contributed by atoms with van der Waals surface area (Å²) in [4.78, 5) is 26.7. The van der Waals surface area contributed by atoms with Gasteiger partial charge in [0.05, 0.1) is 0 Å². The van der Waals surface area contributed by atoms with Crippen molar-refractivity contribution >= 4 is 17.9 Å². The molecular formula is C6H9NO6Zr-3. The van der Waals surface area contributed by atoms with E-state index >= 15 is 0 Å². The Hall–Kier alpha value is -1.39. The molecule has 0 fully saturated rings. The first-order valence-corrected chi connectivity index (χ1v) is 3.67.